The highest BCUT2D eigenvalue weighted by atomic mass is 19.1. The van der Waals surface area contributed by atoms with Gasteiger partial charge in [-0.15, -0.1) is 0 Å². The van der Waals surface area contributed by atoms with E-state index in [4.69, 9.17) is 17.7 Å². The van der Waals surface area contributed by atoms with E-state index >= 15 is 0 Å². The zero-order chi connectivity index (χ0) is 47.0. The predicted octanol–water partition coefficient (Wildman–Crippen LogP) is 9.06. The molecular weight excluding hydrogens is 848 g/mol. The fourth-order valence-electron chi connectivity index (χ4n) is 7.66. The molecule has 0 radical (unpaired) electrons. The van der Waals surface area contributed by atoms with Crippen LogP contribution in [0.5, 0.6) is 0 Å². The van der Waals surface area contributed by atoms with Crippen LogP contribution in [0.2, 0.25) is 0 Å². The highest BCUT2D eigenvalue weighted by Crippen LogP contribution is 2.30. The maximum absolute atomic E-state index is 13.0. The van der Waals surface area contributed by atoms with Gasteiger partial charge in [-0.1, -0.05) is 91.0 Å². The molecule has 0 bridgehead atoms. The summed E-state index contributed by atoms with van der Waals surface area (Å²) in [7, 11) is 0. The van der Waals surface area contributed by atoms with Crippen molar-refractivity contribution in [3.05, 3.63) is 227 Å². The molecule has 6 aromatic carbocycles. The summed E-state index contributed by atoms with van der Waals surface area (Å²) in [6.45, 7) is 3.43. The Labute approximate surface area is 387 Å². The van der Waals surface area contributed by atoms with Crippen LogP contribution in [0, 0.1) is 5.82 Å². The zero-order valence-corrected chi connectivity index (χ0v) is 36.5. The predicted molar refractivity (Wildman–Crippen MR) is 261 cm³/mol. The van der Waals surface area contributed by atoms with E-state index in [1.807, 2.05) is 79.0 Å². The summed E-state index contributed by atoms with van der Waals surface area (Å²) in [5.74, 6) is 12.4. The first-order valence-electron chi connectivity index (χ1n) is 21.3. The molecule has 0 amide bonds. The lowest BCUT2D eigenvalue weighted by Gasteiger charge is -2.19. The first-order chi connectivity index (χ1) is 32.7. The molecule has 0 aliphatic carbocycles. The van der Waals surface area contributed by atoms with Gasteiger partial charge in [-0.3, -0.25) is 0 Å². The number of hydrogen-bond donors (Lipinski definition) is 3. The van der Waals surface area contributed by atoms with E-state index in [1.54, 1.807) is 30.4 Å². The summed E-state index contributed by atoms with van der Waals surface area (Å²) >= 11 is 0. The monoisotopic (exact) mass is 896 g/mol. The summed E-state index contributed by atoms with van der Waals surface area (Å²) in [5.41, 5.74) is 11.2. The molecule has 8 aromatic rings. The van der Waals surface area contributed by atoms with Gasteiger partial charge < -0.3 is 28.5 Å². The number of fused-ring (bicyclic) bond motifs is 3. The van der Waals surface area contributed by atoms with Crippen LogP contribution in [0.15, 0.2) is 182 Å². The highest BCUT2D eigenvalue weighted by Gasteiger charge is 2.19. The topological polar surface area (TPSA) is 170 Å². The lowest BCUT2D eigenvalue weighted by atomic mass is 10.1. The summed E-state index contributed by atoms with van der Waals surface area (Å²) in [6, 6.07) is 49.4. The van der Waals surface area contributed by atoms with Gasteiger partial charge in [-0.2, -0.15) is 17.7 Å². The van der Waals surface area contributed by atoms with Crippen LogP contribution < -0.4 is 22.6 Å². The molecule has 1 aliphatic heterocycles. The van der Waals surface area contributed by atoms with Crippen LogP contribution in [-0.2, 0) is 55.0 Å². The Balaban J connectivity index is 0.000000149. The number of aromatic nitrogens is 2. The quantitative estimate of drug-likeness (QED) is 0.0795. The standard InChI is InChI=1S/C18H15FN2O2.C18H18N2O2.C18H16N2O2/c19-16-5-1-14(2-6-16)12-21-10-9-15-11-13(3-7-17(15)21)4-8-18(22)23-20;2*19-22-18(21)9-7-14-6-8-17-16(12-14)10-11-20(17)13-15-4-2-1-3-5-15/h1-11H,12,20H2;1-9,12H,10-11,13,19H2;1-12H,13,19H2/b8-4+;2*9-7+. The van der Waals surface area contributed by atoms with Crippen LogP contribution in [0.1, 0.15) is 38.9 Å². The van der Waals surface area contributed by atoms with E-state index in [2.05, 4.69) is 89.3 Å². The number of nitrogens with two attached hydrogens (primary N) is 3. The van der Waals surface area contributed by atoms with Crippen molar-refractivity contribution in [3.63, 3.8) is 0 Å². The number of hydrogen-bond acceptors (Lipinski definition) is 10. The zero-order valence-electron chi connectivity index (χ0n) is 36.5. The molecule has 0 saturated heterocycles. The minimum absolute atomic E-state index is 0.237. The average Bonchev–Trinajstić information content (AvgIpc) is 4.09. The van der Waals surface area contributed by atoms with Gasteiger partial charge in [-0.05, 0) is 124 Å². The van der Waals surface area contributed by atoms with E-state index < -0.39 is 17.9 Å². The van der Waals surface area contributed by atoms with Crippen LogP contribution in [-0.4, -0.2) is 33.6 Å². The first-order valence-corrected chi connectivity index (χ1v) is 21.3. The molecular formula is C54H49FN6O6. The van der Waals surface area contributed by atoms with Crippen LogP contribution in [0.4, 0.5) is 10.1 Å². The van der Waals surface area contributed by atoms with Gasteiger partial charge in [-0.25, -0.2) is 18.8 Å². The van der Waals surface area contributed by atoms with Crippen LogP contribution in [0.25, 0.3) is 40.0 Å². The number of halogens is 1. The van der Waals surface area contributed by atoms with Gasteiger partial charge in [0.15, 0.2) is 0 Å². The molecule has 6 N–H and O–H groups in total. The fraction of sp³-hybridized carbons (Fsp3) is 0.0926. The summed E-state index contributed by atoms with van der Waals surface area (Å²) in [5, 5.41) is 2.18. The van der Waals surface area contributed by atoms with Gasteiger partial charge in [0, 0.05) is 84.3 Å². The fourth-order valence-corrected chi connectivity index (χ4v) is 7.66. The highest BCUT2D eigenvalue weighted by molar-refractivity contribution is 5.90. The lowest BCUT2D eigenvalue weighted by molar-refractivity contribution is -0.139. The van der Waals surface area contributed by atoms with Crippen LogP contribution >= 0.6 is 0 Å². The number of rotatable bonds is 12. The Bertz CT molecular complexity index is 3030. The molecule has 67 heavy (non-hydrogen) atoms. The Hall–Kier alpha value is -8.36. The minimum atomic E-state index is -0.598. The van der Waals surface area contributed by atoms with Crippen LogP contribution in [0.3, 0.4) is 0 Å². The number of carbonyl (C=O) groups is 3. The number of nitrogens with zero attached hydrogens (tertiary/aromatic N) is 3. The molecule has 0 spiro atoms. The number of benzene rings is 6. The lowest BCUT2D eigenvalue weighted by Crippen LogP contribution is -2.19. The molecule has 0 fully saturated rings. The molecule has 0 saturated carbocycles. The van der Waals surface area contributed by atoms with Crippen molar-refractivity contribution in [2.24, 2.45) is 17.7 Å². The van der Waals surface area contributed by atoms with Gasteiger partial charge >= 0.3 is 17.9 Å². The van der Waals surface area contributed by atoms with Crippen molar-refractivity contribution in [2.75, 3.05) is 11.4 Å². The second-order valence-corrected chi connectivity index (χ2v) is 15.5. The van der Waals surface area contributed by atoms with Gasteiger partial charge in [0.1, 0.15) is 5.82 Å². The van der Waals surface area contributed by atoms with E-state index in [1.165, 1.54) is 52.7 Å². The summed E-state index contributed by atoms with van der Waals surface area (Å²) < 4.78 is 17.3. The summed E-state index contributed by atoms with van der Waals surface area (Å²) in [4.78, 5) is 47.7. The van der Waals surface area contributed by atoms with Crippen molar-refractivity contribution < 1.29 is 33.3 Å². The Morgan fingerprint density at radius 1 is 0.507 bits per heavy atom. The number of anilines is 1. The SMILES string of the molecule is NOC(=O)/C=C/c1ccc2c(c1)CCN2Cc1ccccc1.NOC(=O)/C=C/c1ccc2c(ccn2Cc2ccc(F)cc2)c1.NOC(=O)/C=C/c1ccc2c(ccn2Cc2ccccc2)c1. The maximum atomic E-state index is 13.0. The first kappa shape index (κ1) is 46.6. The Kier molecular flexibility index (Phi) is 16.0. The molecule has 0 unspecified atom stereocenters. The van der Waals surface area contributed by atoms with E-state index in [0.29, 0.717) is 6.54 Å². The third-order valence-electron chi connectivity index (χ3n) is 10.9. The van der Waals surface area contributed by atoms with E-state index in [0.717, 1.165) is 70.1 Å². The molecule has 3 heterocycles. The molecule has 0 atom stereocenters. The largest absolute Gasteiger partial charge is 0.370 e. The second kappa shape index (κ2) is 23.0. The molecule has 338 valence electrons. The normalized spacial score (nSPS) is 11.9. The third-order valence-corrected chi connectivity index (χ3v) is 10.9. The Morgan fingerprint density at radius 2 is 0.940 bits per heavy atom. The summed E-state index contributed by atoms with van der Waals surface area (Å²) in [6.07, 6.45) is 14.0. The third kappa shape index (κ3) is 13.1. The molecule has 9 rings (SSSR count). The van der Waals surface area contributed by atoms with E-state index in [9.17, 15) is 18.8 Å². The van der Waals surface area contributed by atoms with Crippen molar-refractivity contribution in [1.29, 1.82) is 0 Å². The van der Waals surface area contributed by atoms with Crippen molar-refractivity contribution >= 4 is 63.6 Å². The Morgan fingerprint density at radius 3 is 1.42 bits per heavy atom. The molecule has 2 aromatic heterocycles. The second-order valence-electron chi connectivity index (χ2n) is 15.5. The maximum Gasteiger partial charge on any atom is 0.349 e. The minimum Gasteiger partial charge on any atom is -0.370 e. The van der Waals surface area contributed by atoms with Gasteiger partial charge in [0.05, 0.1) is 0 Å². The van der Waals surface area contributed by atoms with Crippen molar-refractivity contribution in [3.8, 4) is 0 Å². The van der Waals surface area contributed by atoms with Crippen molar-refractivity contribution in [1.82, 2.24) is 9.13 Å². The van der Waals surface area contributed by atoms with Crippen molar-refractivity contribution in [2.45, 2.75) is 26.1 Å². The molecule has 12 nitrogen and oxygen atoms in total. The van der Waals surface area contributed by atoms with E-state index in [-0.39, 0.29) is 5.82 Å². The molecule has 13 heteroatoms. The molecule has 1 aliphatic rings. The van der Waals surface area contributed by atoms with Gasteiger partial charge in [0.2, 0.25) is 0 Å². The number of carbonyl (C=O) groups excluding carboxylic acids is 3. The smallest absolute Gasteiger partial charge is 0.349 e. The van der Waals surface area contributed by atoms with Gasteiger partial charge in [0.25, 0.3) is 0 Å². The average molecular weight is 897 g/mol.